The second kappa shape index (κ2) is 9.16. The van der Waals surface area contributed by atoms with E-state index in [1.165, 1.54) is 6.92 Å². The molecule has 1 aromatic rings. The van der Waals surface area contributed by atoms with Gasteiger partial charge in [-0.25, -0.2) is 0 Å². The smallest absolute Gasteiger partial charge is 0.237 e. The number of aryl methyl sites for hydroxylation is 1. The summed E-state index contributed by atoms with van der Waals surface area (Å²) in [5.41, 5.74) is 3.52. The molecule has 5 heteroatoms. The summed E-state index contributed by atoms with van der Waals surface area (Å²) in [5.74, 6) is 0.954. The van der Waals surface area contributed by atoms with Gasteiger partial charge in [-0.2, -0.15) is 0 Å². The van der Waals surface area contributed by atoms with Crippen LogP contribution >= 0.6 is 0 Å². The lowest BCUT2D eigenvalue weighted by molar-refractivity contribution is -0.137. The summed E-state index contributed by atoms with van der Waals surface area (Å²) in [6.45, 7) is 8.03. The van der Waals surface area contributed by atoms with Crippen molar-refractivity contribution in [2.24, 2.45) is 5.41 Å². The first-order valence-corrected chi connectivity index (χ1v) is 10.4. The fourth-order valence-electron chi connectivity index (χ4n) is 3.87. The number of nitrogens with zero attached hydrogens (tertiary/aromatic N) is 1. The maximum Gasteiger partial charge on any atom is 0.237 e. The summed E-state index contributed by atoms with van der Waals surface area (Å²) < 4.78 is 5.43. The zero-order chi connectivity index (χ0) is 21.7. The number of hydrogen-bond donors (Lipinski definition) is 1. The number of hydrogen-bond acceptors (Lipinski definition) is 3. The molecule has 1 atom stereocenters. The Morgan fingerprint density at radius 1 is 1.40 bits per heavy atom. The molecule has 1 aromatic heterocycles. The molecule has 3 rings (SSSR count). The third-order valence-corrected chi connectivity index (χ3v) is 5.71. The van der Waals surface area contributed by atoms with Crippen LogP contribution in [0.4, 0.5) is 0 Å². The molecule has 0 spiro atoms. The highest BCUT2D eigenvalue weighted by molar-refractivity contribution is 5.92. The van der Waals surface area contributed by atoms with Crippen molar-refractivity contribution < 1.29 is 14.0 Å². The molecular formula is C25H30N2O3. The molecular weight excluding hydrogens is 376 g/mol. The predicted molar refractivity (Wildman–Crippen MR) is 119 cm³/mol. The van der Waals surface area contributed by atoms with E-state index in [0.717, 1.165) is 41.0 Å². The summed E-state index contributed by atoms with van der Waals surface area (Å²) in [6, 6.07) is 1.97. The second-order valence-corrected chi connectivity index (χ2v) is 7.97. The highest BCUT2D eigenvalue weighted by Crippen LogP contribution is 2.43. The van der Waals surface area contributed by atoms with Crippen molar-refractivity contribution >= 4 is 17.4 Å². The van der Waals surface area contributed by atoms with Gasteiger partial charge >= 0.3 is 0 Å². The monoisotopic (exact) mass is 406 g/mol. The number of rotatable bonds is 7. The molecule has 2 heterocycles. The molecule has 0 saturated heterocycles. The number of carbonyl (C=O) groups is 2. The van der Waals surface area contributed by atoms with E-state index >= 15 is 0 Å². The van der Waals surface area contributed by atoms with Crippen molar-refractivity contribution in [2.75, 3.05) is 6.54 Å². The van der Waals surface area contributed by atoms with E-state index in [9.17, 15) is 9.59 Å². The normalized spacial score (nSPS) is 21.5. The molecule has 5 nitrogen and oxygen atoms in total. The number of carbonyl (C=O) groups excluding carboxylic acids is 2. The molecule has 30 heavy (non-hydrogen) atoms. The minimum Gasteiger partial charge on any atom is -0.469 e. The van der Waals surface area contributed by atoms with Crippen molar-refractivity contribution in [2.45, 2.75) is 47.0 Å². The van der Waals surface area contributed by atoms with Crippen molar-refractivity contribution in [3.63, 3.8) is 0 Å². The molecule has 1 unspecified atom stereocenters. The lowest BCUT2D eigenvalue weighted by Crippen LogP contribution is -2.44. The maximum absolute atomic E-state index is 13.2. The number of unbranched alkanes of at least 4 members (excludes halogenated alkanes) is 1. The van der Waals surface area contributed by atoms with E-state index in [4.69, 9.17) is 4.42 Å². The van der Waals surface area contributed by atoms with E-state index in [1.54, 1.807) is 6.26 Å². The maximum atomic E-state index is 13.2. The number of fused-ring (bicyclic) bond motifs is 1. The third-order valence-electron chi connectivity index (χ3n) is 5.71. The van der Waals surface area contributed by atoms with Gasteiger partial charge in [0.1, 0.15) is 5.76 Å². The van der Waals surface area contributed by atoms with Crippen LogP contribution in [0.15, 0.2) is 70.7 Å². The molecule has 2 aliphatic rings. The minimum absolute atomic E-state index is 0.0819. The van der Waals surface area contributed by atoms with E-state index in [0.29, 0.717) is 13.0 Å². The van der Waals surface area contributed by atoms with Gasteiger partial charge in [-0.15, -0.1) is 0 Å². The zero-order valence-corrected chi connectivity index (χ0v) is 18.2. The third kappa shape index (κ3) is 4.56. The Bertz CT molecular complexity index is 974. The number of allylic oxidation sites excluding steroid dienone is 7. The van der Waals surface area contributed by atoms with Crippen LogP contribution in [0.5, 0.6) is 0 Å². The van der Waals surface area contributed by atoms with Crippen LogP contribution in [0.1, 0.15) is 51.4 Å². The minimum atomic E-state index is -0.519. The molecule has 1 aliphatic heterocycles. The summed E-state index contributed by atoms with van der Waals surface area (Å²) in [7, 11) is 0. The van der Waals surface area contributed by atoms with Gasteiger partial charge in [-0.1, -0.05) is 24.3 Å². The summed E-state index contributed by atoms with van der Waals surface area (Å²) in [5, 5.41) is 2.77. The Morgan fingerprint density at radius 3 is 2.87 bits per heavy atom. The van der Waals surface area contributed by atoms with Crippen LogP contribution in [-0.2, 0) is 9.59 Å². The van der Waals surface area contributed by atoms with E-state index in [2.05, 4.69) is 23.5 Å². The molecule has 1 N–H and O–H groups in total. The standard InChI is InChI=1S/C25H30N2O3/c1-5-22(26-19(3)28)9-7-6-8-14-27-15-11-21-17-20(23-12-16-30-18(23)2)10-13-25(21,4)24(27)29/h5,7,9-12,15-17H,6,8,13-14H2,1-4H3,(H,26,28)/b9-7-,22-5+. The Morgan fingerprint density at radius 2 is 2.20 bits per heavy atom. The molecule has 0 radical (unpaired) electrons. The van der Waals surface area contributed by atoms with Gasteiger partial charge < -0.3 is 14.6 Å². The van der Waals surface area contributed by atoms with E-state index < -0.39 is 5.41 Å². The van der Waals surface area contributed by atoms with Crippen LogP contribution in [0.3, 0.4) is 0 Å². The van der Waals surface area contributed by atoms with Crippen LogP contribution in [0.25, 0.3) is 5.57 Å². The Labute approximate surface area is 178 Å². The van der Waals surface area contributed by atoms with Crippen LogP contribution in [0.2, 0.25) is 0 Å². The SMILES string of the molecule is C/C=C(\C=C/CCCN1C=CC2=CC(c3ccoc3C)=CCC2(C)C1=O)NC(C)=O. The molecule has 0 aromatic carbocycles. The number of furan rings is 1. The molecule has 0 fully saturated rings. The highest BCUT2D eigenvalue weighted by atomic mass is 16.3. The van der Waals surface area contributed by atoms with Crippen molar-refractivity contribution in [3.8, 4) is 0 Å². The molecule has 158 valence electrons. The fraction of sp³-hybridized carbons (Fsp3) is 0.360. The zero-order valence-electron chi connectivity index (χ0n) is 18.2. The van der Waals surface area contributed by atoms with Crippen LogP contribution < -0.4 is 5.32 Å². The molecule has 1 aliphatic carbocycles. The number of nitrogens with one attached hydrogen (secondary N) is 1. The Balaban J connectivity index is 1.61. The fourth-order valence-corrected chi connectivity index (χ4v) is 3.87. The first-order chi connectivity index (χ1) is 14.3. The van der Waals surface area contributed by atoms with Crippen LogP contribution in [-0.4, -0.2) is 23.3 Å². The summed E-state index contributed by atoms with van der Waals surface area (Å²) in [4.78, 5) is 26.2. The lowest BCUT2D eigenvalue weighted by atomic mass is 9.71. The van der Waals surface area contributed by atoms with Gasteiger partial charge in [0.2, 0.25) is 11.8 Å². The van der Waals surface area contributed by atoms with Crippen molar-refractivity contribution in [1.29, 1.82) is 0 Å². The van der Waals surface area contributed by atoms with Gasteiger partial charge in [0.05, 0.1) is 11.7 Å². The van der Waals surface area contributed by atoms with Gasteiger partial charge in [0, 0.05) is 30.9 Å². The van der Waals surface area contributed by atoms with E-state index in [1.807, 2.05) is 56.2 Å². The van der Waals surface area contributed by atoms with E-state index in [-0.39, 0.29) is 11.8 Å². The van der Waals surface area contributed by atoms with Crippen LogP contribution in [0, 0.1) is 12.3 Å². The number of amides is 2. The van der Waals surface area contributed by atoms with Gasteiger partial charge in [-0.3, -0.25) is 9.59 Å². The quantitative estimate of drug-likeness (QED) is 0.510. The summed E-state index contributed by atoms with van der Waals surface area (Å²) in [6.07, 6.45) is 18.1. The summed E-state index contributed by atoms with van der Waals surface area (Å²) >= 11 is 0. The molecule has 0 bridgehead atoms. The topological polar surface area (TPSA) is 62.6 Å². The van der Waals surface area contributed by atoms with Crippen molar-refractivity contribution in [3.05, 3.63) is 77.6 Å². The molecule has 0 saturated carbocycles. The average molecular weight is 407 g/mol. The Kier molecular flexibility index (Phi) is 6.60. The van der Waals surface area contributed by atoms with Crippen molar-refractivity contribution in [1.82, 2.24) is 10.2 Å². The second-order valence-electron chi connectivity index (χ2n) is 7.97. The molecule has 2 amide bonds. The Hall–Kier alpha value is -3.08. The largest absolute Gasteiger partial charge is 0.469 e. The first-order valence-electron chi connectivity index (χ1n) is 10.4. The predicted octanol–water partition coefficient (Wildman–Crippen LogP) is 5.04. The van der Waals surface area contributed by atoms with Gasteiger partial charge in [0.15, 0.2) is 0 Å². The lowest BCUT2D eigenvalue weighted by Gasteiger charge is -2.39. The van der Waals surface area contributed by atoms with Gasteiger partial charge in [0.25, 0.3) is 0 Å². The highest BCUT2D eigenvalue weighted by Gasteiger charge is 2.42. The average Bonchev–Trinajstić information content (AvgIpc) is 3.14. The van der Waals surface area contributed by atoms with Gasteiger partial charge in [-0.05, 0) is 69.4 Å². The first kappa shape index (κ1) is 21.6.